The van der Waals surface area contributed by atoms with Crippen LogP contribution in [0.15, 0.2) is 133 Å². The molecular formula is C33H22BN5. The van der Waals surface area contributed by atoms with Gasteiger partial charge in [-0.05, 0) is 29.2 Å². The summed E-state index contributed by atoms with van der Waals surface area (Å²) in [6.07, 6.45) is 0. The number of rotatable bonds is 3. The summed E-state index contributed by atoms with van der Waals surface area (Å²) in [7, 11) is 0. The van der Waals surface area contributed by atoms with Gasteiger partial charge in [0, 0.05) is 22.4 Å². The third-order valence-electron chi connectivity index (χ3n) is 7.49. The van der Waals surface area contributed by atoms with Crippen LogP contribution < -0.4 is 15.1 Å². The van der Waals surface area contributed by atoms with Gasteiger partial charge in [0.15, 0.2) is 11.6 Å². The minimum atomic E-state index is -0.136. The topological polar surface area (TPSA) is 45.2 Å². The van der Waals surface area contributed by atoms with E-state index in [1.807, 2.05) is 60.7 Å². The Kier molecular flexibility index (Phi) is 4.85. The number of aromatic nitrogens is 3. The third kappa shape index (κ3) is 3.38. The Morgan fingerprint density at radius 2 is 0.897 bits per heavy atom. The monoisotopic (exact) mass is 499 g/mol. The zero-order valence-electron chi connectivity index (χ0n) is 21.0. The Hall–Kier alpha value is -5.23. The SMILES string of the molecule is c1ccc(-c2nc(-c3ccccc3)nc(N3B4c5ccccc5-c5ccccc5N4c4ccccc43)n2)cc1. The van der Waals surface area contributed by atoms with E-state index in [0.717, 1.165) is 22.5 Å². The number of anilines is 4. The van der Waals surface area contributed by atoms with E-state index in [-0.39, 0.29) is 6.98 Å². The van der Waals surface area contributed by atoms with Gasteiger partial charge < -0.3 is 9.62 Å². The number of hydrogen-bond donors (Lipinski definition) is 0. The predicted octanol–water partition coefficient (Wildman–Crippen LogP) is 6.87. The maximum Gasteiger partial charge on any atom is 0.423 e. The lowest BCUT2D eigenvalue weighted by Gasteiger charge is -2.35. The van der Waals surface area contributed by atoms with Crippen molar-refractivity contribution in [2.75, 3.05) is 9.62 Å². The molecule has 0 bridgehead atoms. The summed E-state index contributed by atoms with van der Waals surface area (Å²) in [5, 5.41) is 0. The van der Waals surface area contributed by atoms with Crippen molar-refractivity contribution in [1.82, 2.24) is 15.0 Å². The molecule has 5 nitrogen and oxygen atoms in total. The quantitative estimate of drug-likeness (QED) is 0.249. The van der Waals surface area contributed by atoms with Crippen LogP contribution in [0.2, 0.25) is 0 Å². The molecule has 0 aliphatic carbocycles. The summed E-state index contributed by atoms with van der Waals surface area (Å²) in [6.45, 7) is -0.136. The van der Waals surface area contributed by atoms with Gasteiger partial charge >= 0.3 is 6.98 Å². The normalized spacial score (nSPS) is 13.0. The molecule has 0 fully saturated rings. The Morgan fingerprint density at radius 3 is 1.54 bits per heavy atom. The molecular weight excluding hydrogens is 477 g/mol. The van der Waals surface area contributed by atoms with Crippen molar-refractivity contribution < 1.29 is 0 Å². The van der Waals surface area contributed by atoms with Gasteiger partial charge in [-0.15, -0.1) is 0 Å². The molecule has 1 aromatic heterocycles. The van der Waals surface area contributed by atoms with Gasteiger partial charge in [0.1, 0.15) is 0 Å². The fourth-order valence-electron chi connectivity index (χ4n) is 5.79. The highest BCUT2D eigenvalue weighted by Gasteiger charge is 2.48. The second-order valence-electron chi connectivity index (χ2n) is 9.72. The van der Waals surface area contributed by atoms with Gasteiger partial charge in [0.05, 0.1) is 11.4 Å². The zero-order valence-corrected chi connectivity index (χ0v) is 21.0. The number of fused-ring (bicyclic) bond motifs is 8. The lowest BCUT2D eigenvalue weighted by molar-refractivity contribution is 1.04. The second kappa shape index (κ2) is 8.67. The molecule has 3 heterocycles. The number of hydrogen-bond acceptors (Lipinski definition) is 5. The molecule has 0 saturated heterocycles. The first-order valence-electron chi connectivity index (χ1n) is 13.1. The molecule has 2 aliphatic heterocycles. The van der Waals surface area contributed by atoms with Crippen LogP contribution in [0.25, 0.3) is 33.9 Å². The molecule has 0 saturated carbocycles. The fraction of sp³-hybridized carbons (Fsp3) is 0. The first-order chi connectivity index (χ1) is 19.4. The highest BCUT2D eigenvalue weighted by atomic mass is 15.4. The molecule has 0 spiro atoms. The smallest absolute Gasteiger partial charge is 0.359 e. The fourth-order valence-corrected chi connectivity index (χ4v) is 5.79. The van der Waals surface area contributed by atoms with Gasteiger partial charge in [0.25, 0.3) is 0 Å². The largest absolute Gasteiger partial charge is 0.423 e. The Balaban J connectivity index is 1.40. The molecule has 0 N–H and O–H groups in total. The summed E-state index contributed by atoms with van der Waals surface area (Å²) in [6, 6.07) is 46.1. The van der Waals surface area contributed by atoms with Crippen molar-refractivity contribution in [1.29, 1.82) is 0 Å². The van der Waals surface area contributed by atoms with Crippen LogP contribution in [0.1, 0.15) is 0 Å². The summed E-state index contributed by atoms with van der Waals surface area (Å²) in [4.78, 5) is 19.8. The number of nitrogens with zero attached hydrogens (tertiary/aromatic N) is 5. The van der Waals surface area contributed by atoms with Crippen LogP contribution in [0.4, 0.5) is 23.0 Å². The minimum absolute atomic E-state index is 0.136. The van der Waals surface area contributed by atoms with Crippen LogP contribution in [0.3, 0.4) is 0 Å². The van der Waals surface area contributed by atoms with E-state index in [9.17, 15) is 0 Å². The molecule has 0 unspecified atom stereocenters. The standard InChI is InChI=1S/C33H22BN5/c1-3-13-23(14-4-1)31-35-32(24-15-5-2-6-16-24)37-33(36-31)39-30-22-12-11-21-29(30)38-28-20-10-8-18-26(28)25-17-7-9-19-27(25)34(38)39/h1-22H. The lowest BCUT2D eigenvalue weighted by Crippen LogP contribution is -2.56. The minimum Gasteiger partial charge on any atom is -0.359 e. The van der Waals surface area contributed by atoms with Crippen LogP contribution in [-0.4, -0.2) is 21.9 Å². The lowest BCUT2D eigenvalue weighted by atomic mass is 9.60. The summed E-state index contributed by atoms with van der Waals surface area (Å²) < 4.78 is 0. The first kappa shape index (κ1) is 21.8. The van der Waals surface area contributed by atoms with Crippen molar-refractivity contribution >= 4 is 35.5 Å². The molecule has 0 radical (unpaired) electrons. The van der Waals surface area contributed by atoms with Crippen molar-refractivity contribution in [2.24, 2.45) is 0 Å². The van der Waals surface area contributed by atoms with Gasteiger partial charge in [0.2, 0.25) is 5.95 Å². The molecule has 0 amide bonds. The summed E-state index contributed by atoms with van der Waals surface area (Å²) >= 11 is 0. The van der Waals surface area contributed by atoms with E-state index in [1.54, 1.807) is 0 Å². The second-order valence-corrected chi connectivity index (χ2v) is 9.72. The molecule has 39 heavy (non-hydrogen) atoms. The molecule has 182 valence electrons. The predicted molar refractivity (Wildman–Crippen MR) is 159 cm³/mol. The maximum atomic E-state index is 5.11. The average Bonchev–Trinajstić information content (AvgIpc) is 3.38. The molecule has 2 aliphatic rings. The van der Waals surface area contributed by atoms with Crippen molar-refractivity contribution in [3.8, 4) is 33.9 Å². The number of para-hydroxylation sites is 3. The van der Waals surface area contributed by atoms with Gasteiger partial charge in [-0.2, -0.15) is 9.97 Å². The van der Waals surface area contributed by atoms with E-state index in [1.165, 1.54) is 22.3 Å². The molecule has 6 heteroatoms. The van der Waals surface area contributed by atoms with E-state index in [0.29, 0.717) is 17.6 Å². The van der Waals surface area contributed by atoms with Crippen molar-refractivity contribution in [3.63, 3.8) is 0 Å². The summed E-state index contributed by atoms with van der Waals surface area (Å²) in [5.74, 6) is 1.93. The van der Waals surface area contributed by atoms with Crippen molar-refractivity contribution in [3.05, 3.63) is 133 Å². The van der Waals surface area contributed by atoms with Crippen molar-refractivity contribution in [2.45, 2.75) is 0 Å². The third-order valence-corrected chi connectivity index (χ3v) is 7.49. The Bertz CT molecular complexity index is 1780. The highest BCUT2D eigenvalue weighted by molar-refractivity contribution is 6.86. The molecule has 6 aromatic rings. The Labute approximate surface area is 227 Å². The van der Waals surface area contributed by atoms with Crippen LogP contribution in [-0.2, 0) is 0 Å². The average molecular weight is 499 g/mol. The van der Waals surface area contributed by atoms with Crippen LogP contribution in [0, 0.1) is 0 Å². The molecule has 5 aromatic carbocycles. The molecule has 0 atom stereocenters. The first-order valence-corrected chi connectivity index (χ1v) is 13.1. The van der Waals surface area contributed by atoms with E-state index in [4.69, 9.17) is 15.0 Å². The maximum absolute atomic E-state index is 5.11. The molecule has 8 rings (SSSR count). The van der Waals surface area contributed by atoms with E-state index >= 15 is 0 Å². The van der Waals surface area contributed by atoms with Gasteiger partial charge in [-0.1, -0.05) is 115 Å². The van der Waals surface area contributed by atoms with Crippen LogP contribution >= 0.6 is 0 Å². The van der Waals surface area contributed by atoms with Gasteiger partial charge in [-0.25, -0.2) is 4.98 Å². The highest BCUT2D eigenvalue weighted by Crippen LogP contribution is 2.50. The van der Waals surface area contributed by atoms with E-state index < -0.39 is 0 Å². The van der Waals surface area contributed by atoms with E-state index in [2.05, 4.69) is 82.4 Å². The Morgan fingerprint density at radius 1 is 0.410 bits per heavy atom. The van der Waals surface area contributed by atoms with Crippen LogP contribution in [0.5, 0.6) is 0 Å². The van der Waals surface area contributed by atoms with Gasteiger partial charge in [-0.3, -0.25) is 0 Å². The zero-order chi connectivity index (χ0) is 25.8. The summed E-state index contributed by atoms with van der Waals surface area (Å²) in [5.41, 5.74) is 8.96. The number of benzene rings is 5.